The summed E-state index contributed by atoms with van der Waals surface area (Å²) >= 11 is 0. The number of hydrogen-bond acceptors (Lipinski definition) is 2. The number of benzene rings is 1. The van der Waals surface area contributed by atoms with Crippen molar-refractivity contribution in [1.82, 2.24) is 15.1 Å². The molecule has 0 fully saturated rings. The summed E-state index contributed by atoms with van der Waals surface area (Å²) in [5.41, 5.74) is 6.52. The fourth-order valence-corrected chi connectivity index (χ4v) is 2.83. The summed E-state index contributed by atoms with van der Waals surface area (Å²) in [5, 5.41) is 8.16. The zero-order chi connectivity index (χ0) is 15.4. The van der Waals surface area contributed by atoms with Crippen LogP contribution in [0.25, 0.3) is 0 Å². The third-order valence-corrected chi connectivity index (χ3v) is 4.17. The lowest BCUT2D eigenvalue weighted by molar-refractivity contribution is 0.510. The molecule has 1 N–H and O–H groups in total. The Labute approximate surface area is 128 Å². The zero-order valence-corrected chi connectivity index (χ0v) is 13.9. The summed E-state index contributed by atoms with van der Waals surface area (Å²) in [5.74, 6) is 0. The van der Waals surface area contributed by atoms with Gasteiger partial charge >= 0.3 is 0 Å². The molecule has 0 spiro atoms. The van der Waals surface area contributed by atoms with Crippen LogP contribution in [0.5, 0.6) is 0 Å². The molecule has 1 aromatic carbocycles. The van der Waals surface area contributed by atoms with Crippen LogP contribution in [0.2, 0.25) is 0 Å². The number of nitrogens with zero attached hydrogens (tertiary/aromatic N) is 2. The highest BCUT2D eigenvalue weighted by atomic mass is 15.3. The molecule has 0 radical (unpaired) electrons. The number of aromatic nitrogens is 2. The van der Waals surface area contributed by atoms with E-state index in [2.05, 4.69) is 62.4 Å². The van der Waals surface area contributed by atoms with Crippen LogP contribution in [0, 0.1) is 20.8 Å². The fraction of sp³-hybridized carbons (Fsp3) is 0.500. The van der Waals surface area contributed by atoms with E-state index in [9.17, 15) is 0 Å². The molecule has 1 unspecified atom stereocenters. The molecular weight excluding hydrogens is 258 g/mol. The third kappa shape index (κ3) is 3.73. The minimum absolute atomic E-state index is 0.347. The molecule has 0 aliphatic rings. The molecule has 3 heteroatoms. The van der Waals surface area contributed by atoms with Gasteiger partial charge in [0.1, 0.15) is 0 Å². The van der Waals surface area contributed by atoms with Gasteiger partial charge in [-0.3, -0.25) is 4.68 Å². The van der Waals surface area contributed by atoms with Crippen LogP contribution in [0.4, 0.5) is 0 Å². The van der Waals surface area contributed by atoms with E-state index in [0.717, 1.165) is 25.1 Å². The van der Waals surface area contributed by atoms with Gasteiger partial charge in [0.2, 0.25) is 0 Å². The van der Waals surface area contributed by atoms with Gasteiger partial charge in [-0.1, -0.05) is 25.1 Å². The van der Waals surface area contributed by atoms with E-state index in [1.165, 1.54) is 22.4 Å². The highest BCUT2D eigenvalue weighted by molar-refractivity contribution is 5.36. The van der Waals surface area contributed by atoms with Gasteiger partial charge < -0.3 is 5.32 Å². The van der Waals surface area contributed by atoms with Gasteiger partial charge in [-0.05, 0) is 56.5 Å². The first-order valence-electron chi connectivity index (χ1n) is 7.82. The number of nitrogens with one attached hydrogen (secondary N) is 1. The summed E-state index contributed by atoms with van der Waals surface area (Å²) in [7, 11) is 2.03. The van der Waals surface area contributed by atoms with Gasteiger partial charge in [-0.25, -0.2) is 0 Å². The number of hydrogen-bond donors (Lipinski definition) is 1. The molecule has 1 heterocycles. The summed E-state index contributed by atoms with van der Waals surface area (Å²) in [6.45, 7) is 9.70. The lowest BCUT2D eigenvalue weighted by atomic mass is 9.94. The van der Waals surface area contributed by atoms with Crippen LogP contribution >= 0.6 is 0 Å². The van der Waals surface area contributed by atoms with Crippen molar-refractivity contribution in [2.45, 2.75) is 46.6 Å². The van der Waals surface area contributed by atoms with Crippen LogP contribution in [0.1, 0.15) is 47.5 Å². The minimum Gasteiger partial charge on any atom is -0.310 e. The maximum atomic E-state index is 4.47. The van der Waals surface area contributed by atoms with E-state index >= 15 is 0 Å². The molecule has 21 heavy (non-hydrogen) atoms. The normalized spacial score (nSPS) is 12.6. The zero-order valence-electron chi connectivity index (χ0n) is 13.9. The molecule has 1 aromatic heterocycles. The average Bonchev–Trinajstić information content (AvgIpc) is 2.76. The largest absolute Gasteiger partial charge is 0.310 e. The van der Waals surface area contributed by atoms with Gasteiger partial charge in [0.15, 0.2) is 0 Å². The lowest BCUT2D eigenvalue weighted by Gasteiger charge is -2.22. The van der Waals surface area contributed by atoms with Crippen LogP contribution in [0.3, 0.4) is 0 Å². The molecule has 2 aromatic rings. The highest BCUT2D eigenvalue weighted by Crippen LogP contribution is 2.24. The first-order valence-corrected chi connectivity index (χ1v) is 7.82. The number of aryl methyl sites for hydroxylation is 3. The maximum Gasteiger partial charge on any atom is 0.0596 e. The fourth-order valence-electron chi connectivity index (χ4n) is 2.83. The van der Waals surface area contributed by atoms with Gasteiger partial charge in [-0.2, -0.15) is 5.10 Å². The second-order valence-corrected chi connectivity index (χ2v) is 5.90. The maximum absolute atomic E-state index is 4.47. The predicted octanol–water partition coefficient (Wildman–Crippen LogP) is 3.63. The summed E-state index contributed by atoms with van der Waals surface area (Å²) in [6, 6.07) is 9.13. The van der Waals surface area contributed by atoms with Gasteiger partial charge in [0.25, 0.3) is 0 Å². The van der Waals surface area contributed by atoms with E-state index in [-0.39, 0.29) is 0 Å². The van der Waals surface area contributed by atoms with Crippen molar-refractivity contribution < 1.29 is 0 Å². The predicted molar refractivity (Wildman–Crippen MR) is 88.6 cm³/mol. The lowest BCUT2D eigenvalue weighted by Crippen LogP contribution is -2.25. The Kier molecular flexibility index (Phi) is 5.18. The van der Waals surface area contributed by atoms with Crippen molar-refractivity contribution in [1.29, 1.82) is 0 Å². The van der Waals surface area contributed by atoms with Crippen molar-refractivity contribution in [3.8, 4) is 0 Å². The SMILES string of the molecule is CCCNC(Cc1cc(C)nn1C)c1cccc(C)c1C. The topological polar surface area (TPSA) is 29.9 Å². The van der Waals surface area contributed by atoms with Crippen LogP contribution in [-0.4, -0.2) is 16.3 Å². The Bertz CT molecular complexity index is 599. The highest BCUT2D eigenvalue weighted by Gasteiger charge is 2.16. The van der Waals surface area contributed by atoms with Gasteiger partial charge in [0, 0.05) is 25.2 Å². The van der Waals surface area contributed by atoms with Gasteiger partial charge in [0.05, 0.1) is 5.69 Å². The summed E-state index contributed by atoms with van der Waals surface area (Å²) in [4.78, 5) is 0. The Morgan fingerprint density at radius 1 is 1.24 bits per heavy atom. The Morgan fingerprint density at radius 2 is 2.00 bits per heavy atom. The molecule has 0 aliphatic heterocycles. The Balaban J connectivity index is 2.29. The monoisotopic (exact) mass is 285 g/mol. The van der Waals surface area contributed by atoms with Crippen molar-refractivity contribution >= 4 is 0 Å². The molecule has 0 saturated heterocycles. The molecule has 0 bridgehead atoms. The average molecular weight is 285 g/mol. The standard InChI is InChI=1S/C18H27N3/c1-6-10-19-18(12-16-11-14(3)20-21(16)5)17-9-7-8-13(2)15(17)4/h7-9,11,18-19H,6,10,12H2,1-5H3. The molecule has 0 amide bonds. The first-order chi connectivity index (χ1) is 10.0. The summed E-state index contributed by atoms with van der Waals surface area (Å²) < 4.78 is 2.00. The smallest absolute Gasteiger partial charge is 0.0596 e. The van der Waals surface area contributed by atoms with Crippen LogP contribution in [0.15, 0.2) is 24.3 Å². The van der Waals surface area contributed by atoms with Gasteiger partial charge in [-0.15, -0.1) is 0 Å². The van der Waals surface area contributed by atoms with Crippen molar-refractivity contribution in [2.24, 2.45) is 7.05 Å². The minimum atomic E-state index is 0.347. The number of rotatable bonds is 6. The molecule has 3 nitrogen and oxygen atoms in total. The second kappa shape index (κ2) is 6.90. The van der Waals surface area contributed by atoms with Crippen molar-refractivity contribution in [2.75, 3.05) is 6.54 Å². The Morgan fingerprint density at radius 3 is 2.62 bits per heavy atom. The van der Waals surface area contributed by atoms with Crippen molar-refractivity contribution in [3.63, 3.8) is 0 Å². The Hall–Kier alpha value is -1.61. The van der Waals surface area contributed by atoms with Crippen LogP contribution in [-0.2, 0) is 13.5 Å². The molecule has 0 saturated carbocycles. The molecule has 0 aliphatic carbocycles. The summed E-state index contributed by atoms with van der Waals surface area (Å²) in [6.07, 6.45) is 2.12. The van der Waals surface area contributed by atoms with Crippen molar-refractivity contribution in [3.05, 3.63) is 52.3 Å². The van der Waals surface area contributed by atoms with Crippen LogP contribution < -0.4 is 5.32 Å². The molecular formula is C18H27N3. The molecule has 114 valence electrons. The van der Waals surface area contributed by atoms with E-state index in [0.29, 0.717) is 6.04 Å². The second-order valence-electron chi connectivity index (χ2n) is 5.90. The van der Waals surface area contributed by atoms with E-state index < -0.39 is 0 Å². The van der Waals surface area contributed by atoms with E-state index in [4.69, 9.17) is 0 Å². The quantitative estimate of drug-likeness (QED) is 0.878. The molecule has 1 atom stereocenters. The first kappa shape index (κ1) is 15.8. The van der Waals surface area contributed by atoms with E-state index in [1.807, 2.05) is 11.7 Å². The third-order valence-electron chi connectivity index (χ3n) is 4.17. The van der Waals surface area contributed by atoms with E-state index in [1.54, 1.807) is 0 Å². The molecule has 2 rings (SSSR count).